The summed E-state index contributed by atoms with van der Waals surface area (Å²) in [4.78, 5) is 18.3. The maximum atomic E-state index is 11.7. The van der Waals surface area contributed by atoms with Crippen molar-refractivity contribution in [1.82, 2.24) is 4.98 Å². The van der Waals surface area contributed by atoms with Gasteiger partial charge in [-0.05, 0) is 50.2 Å². The molecule has 0 saturated carbocycles. The third-order valence-corrected chi connectivity index (χ3v) is 3.82. The van der Waals surface area contributed by atoms with Gasteiger partial charge in [-0.2, -0.15) is 0 Å². The summed E-state index contributed by atoms with van der Waals surface area (Å²) >= 11 is 0. The molecule has 0 bridgehead atoms. The van der Waals surface area contributed by atoms with E-state index in [1.165, 1.54) is 5.69 Å². The summed E-state index contributed by atoms with van der Waals surface area (Å²) in [5.41, 5.74) is 2.90. The zero-order chi connectivity index (χ0) is 17.5. The first-order chi connectivity index (χ1) is 11.5. The maximum absolute atomic E-state index is 11.7. The molecule has 2 N–H and O–H groups in total. The van der Waals surface area contributed by atoms with E-state index in [1.807, 2.05) is 38.1 Å². The molecule has 24 heavy (non-hydrogen) atoms. The smallest absolute Gasteiger partial charge is 0.226 e. The molecule has 0 spiro atoms. The number of hydrogen-bond acceptors (Lipinski definition) is 4. The zero-order valence-corrected chi connectivity index (χ0v) is 14.8. The predicted molar refractivity (Wildman–Crippen MR) is 101 cm³/mol. The van der Waals surface area contributed by atoms with E-state index in [4.69, 9.17) is 0 Å². The Kier molecular flexibility index (Phi) is 6.18. The number of nitrogens with one attached hydrogen (secondary N) is 2. The number of pyridine rings is 1. The van der Waals surface area contributed by atoms with Crippen molar-refractivity contribution in [1.29, 1.82) is 0 Å². The molecule has 0 aliphatic heterocycles. The lowest BCUT2D eigenvalue weighted by Gasteiger charge is -2.21. The van der Waals surface area contributed by atoms with Gasteiger partial charge in [0.2, 0.25) is 5.91 Å². The van der Waals surface area contributed by atoms with E-state index >= 15 is 0 Å². The van der Waals surface area contributed by atoms with Crippen molar-refractivity contribution in [3.63, 3.8) is 0 Å². The van der Waals surface area contributed by atoms with E-state index in [-0.39, 0.29) is 11.8 Å². The van der Waals surface area contributed by atoms with Gasteiger partial charge >= 0.3 is 0 Å². The van der Waals surface area contributed by atoms with Crippen molar-refractivity contribution < 1.29 is 4.79 Å². The topological polar surface area (TPSA) is 57.3 Å². The molecule has 0 unspecified atom stereocenters. The molecule has 0 atom stereocenters. The van der Waals surface area contributed by atoms with E-state index in [9.17, 15) is 4.79 Å². The van der Waals surface area contributed by atoms with Crippen LogP contribution in [0.5, 0.6) is 0 Å². The summed E-state index contributed by atoms with van der Waals surface area (Å²) in [6, 6.07) is 12.0. The summed E-state index contributed by atoms with van der Waals surface area (Å²) in [6.45, 7) is 10.0. The van der Waals surface area contributed by atoms with Crippen LogP contribution in [0.1, 0.15) is 27.7 Å². The third-order valence-electron chi connectivity index (χ3n) is 3.82. The van der Waals surface area contributed by atoms with Gasteiger partial charge in [0.15, 0.2) is 0 Å². The Morgan fingerprint density at radius 1 is 1.04 bits per heavy atom. The number of nitrogens with zero attached hydrogens (tertiary/aromatic N) is 2. The molecule has 0 saturated heterocycles. The minimum absolute atomic E-state index is 0.00972. The van der Waals surface area contributed by atoms with E-state index < -0.39 is 0 Å². The lowest BCUT2D eigenvalue weighted by Crippen LogP contribution is -2.21. The molecule has 128 valence electrons. The van der Waals surface area contributed by atoms with Crippen LogP contribution in [0, 0.1) is 5.92 Å². The molecule has 0 aliphatic rings. The standard InChI is InChI=1S/C19H26N4O/c1-5-23(6-2)17-10-7-15(8-11-17)21-18-12-9-16(13-20-18)22-19(24)14(3)4/h7-14H,5-6H2,1-4H3,(H,20,21)(H,22,24). The Morgan fingerprint density at radius 3 is 2.17 bits per heavy atom. The lowest BCUT2D eigenvalue weighted by atomic mass is 10.2. The van der Waals surface area contributed by atoms with Crippen molar-refractivity contribution in [2.75, 3.05) is 28.6 Å². The summed E-state index contributed by atoms with van der Waals surface area (Å²) in [5.74, 6) is 0.685. The fourth-order valence-corrected chi connectivity index (χ4v) is 2.32. The molecule has 1 amide bonds. The monoisotopic (exact) mass is 326 g/mol. The quantitative estimate of drug-likeness (QED) is 0.798. The highest BCUT2D eigenvalue weighted by Gasteiger charge is 2.07. The normalized spacial score (nSPS) is 10.5. The highest BCUT2D eigenvalue weighted by molar-refractivity contribution is 5.91. The summed E-state index contributed by atoms with van der Waals surface area (Å²) in [6.07, 6.45) is 1.66. The van der Waals surface area contributed by atoms with E-state index in [0.717, 1.165) is 24.6 Å². The maximum Gasteiger partial charge on any atom is 0.226 e. The SMILES string of the molecule is CCN(CC)c1ccc(Nc2ccc(NC(=O)C(C)C)cn2)cc1. The molecule has 1 aromatic carbocycles. The Balaban J connectivity index is 1.99. The van der Waals surface area contributed by atoms with Gasteiger partial charge in [0.05, 0.1) is 11.9 Å². The van der Waals surface area contributed by atoms with Gasteiger partial charge in [0.1, 0.15) is 5.82 Å². The number of carbonyl (C=O) groups excluding carboxylic acids is 1. The van der Waals surface area contributed by atoms with Crippen LogP contribution in [-0.4, -0.2) is 24.0 Å². The first-order valence-electron chi connectivity index (χ1n) is 8.42. The second-order valence-corrected chi connectivity index (χ2v) is 5.92. The predicted octanol–water partition coefficient (Wildman–Crippen LogP) is 4.27. The number of aromatic nitrogens is 1. The molecule has 0 fully saturated rings. The summed E-state index contributed by atoms with van der Waals surface area (Å²) in [5, 5.41) is 6.10. The minimum atomic E-state index is -0.0490. The van der Waals surface area contributed by atoms with Gasteiger partial charge in [0, 0.05) is 30.4 Å². The van der Waals surface area contributed by atoms with Gasteiger partial charge in [-0.1, -0.05) is 13.8 Å². The molecule has 1 aromatic heterocycles. The number of amides is 1. The summed E-state index contributed by atoms with van der Waals surface area (Å²) < 4.78 is 0. The Bertz CT molecular complexity index is 646. The molecule has 1 heterocycles. The number of benzene rings is 1. The van der Waals surface area contributed by atoms with Crippen LogP contribution in [0.25, 0.3) is 0 Å². The molecule has 2 aromatic rings. The first-order valence-corrected chi connectivity index (χ1v) is 8.42. The van der Waals surface area contributed by atoms with E-state index in [2.05, 4.69) is 46.5 Å². The zero-order valence-electron chi connectivity index (χ0n) is 14.8. The van der Waals surface area contributed by atoms with Crippen molar-refractivity contribution in [2.45, 2.75) is 27.7 Å². The van der Waals surface area contributed by atoms with Crippen molar-refractivity contribution in [2.24, 2.45) is 5.92 Å². The van der Waals surface area contributed by atoms with Crippen LogP contribution in [0.15, 0.2) is 42.6 Å². The second kappa shape index (κ2) is 8.34. The van der Waals surface area contributed by atoms with Crippen LogP contribution >= 0.6 is 0 Å². The van der Waals surface area contributed by atoms with Crippen LogP contribution in [0.4, 0.5) is 22.9 Å². The van der Waals surface area contributed by atoms with Gasteiger partial charge in [-0.25, -0.2) is 4.98 Å². The molecule has 2 rings (SSSR count). The average Bonchev–Trinajstić information content (AvgIpc) is 2.59. The van der Waals surface area contributed by atoms with Gasteiger partial charge in [0.25, 0.3) is 0 Å². The van der Waals surface area contributed by atoms with Gasteiger partial charge in [-0.3, -0.25) is 4.79 Å². The lowest BCUT2D eigenvalue weighted by molar-refractivity contribution is -0.118. The number of hydrogen-bond donors (Lipinski definition) is 2. The number of carbonyl (C=O) groups is 1. The number of rotatable bonds is 7. The van der Waals surface area contributed by atoms with Crippen molar-refractivity contribution >= 4 is 28.8 Å². The van der Waals surface area contributed by atoms with Gasteiger partial charge in [-0.15, -0.1) is 0 Å². The Morgan fingerprint density at radius 2 is 1.67 bits per heavy atom. The highest BCUT2D eigenvalue weighted by atomic mass is 16.1. The van der Waals surface area contributed by atoms with Crippen LogP contribution in [0.3, 0.4) is 0 Å². The van der Waals surface area contributed by atoms with Gasteiger partial charge < -0.3 is 15.5 Å². The molecule has 0 radical (unpaired) electrons. The largest absolute Gasteiger partial charge is 0.372 e. The Hall–Kier alpha value is -2.56. The average molecular weight is 326 g/mol. The highest BCUT2D eigenvalue weighted by Crippen LogP contribution is 2.21. The first kappa shape index (κ1) is 17.8. The molecular formula is C19H26N4O. The van der Waals surface area contributed by atoms with Crippen molar-refractivity contribution in [3.8, 4) is 0 Å². The Labute approximate surface area is 144 Å². The molecule has 5 nitrogen and oxygen atoms in total. The molecule has 0 aliphatic carbocycles. The summed E-state index contributed by atoms with van der Waals surface area (Å²) in [7, 11) is 0. The number of anilines is 4. The van der Waals surface area contributed by atoms with Crippen LogP contribution < -0.4 is 15.5 Å². The minimum Gasteiger partial charge on any atom is -0.372 e. The van der Waals surface area contributed by atoms with Crippen molar-refractivity contribution in [3.05, 3.63) is 42.6 Å². The van der Waals surface area contributed by atoms with E-state index in [0.29, 0.717) is 5.69 Å². The van der Waals surface area contributed by atoms with Crippen LogP contribution in [-0.2, 0) is 4.79 Å². The molecular weight excluding hydrogens is 300 g/mol. The second-order valence-electron chi connectivity index (χ2n) is 5.92. The molecule has 5 heteroatoms. The van der Waals surface area contributed by atoms with Crippen LogP contribution in [0.2, 0.25) is 0 Å². The fourth-order valence-electron chi connectivity index (χ4n) is 2.32. The third kappa shape index (κ3) is 4.72. The van der Waals surface area contributed by atoms with E-state index in [1.54, 1.807) is 6.20 Å². The fraction of sp³-hybridized carbons (Fsp3) is 0.368.